The molecular formula is C15H22Cl2N2O. The zero-order chi connectivity index (χ0) is 13.9. The van der Waals surface area contributed by atoms with Crippen LogP contribution < -0.4 is 5.32 Å². The van der Waals surface area contributed by atoms with E-state index in [9.17, 15) is 4.79 Å². The number of nitrogens with one attached hydrogen (secondary N) is 1. The summed E-state index contributed by atoms with van der Waals surface area (Å²) in [5.74, 6) is 0.174. The van der Waals surface area contributed by atoms with Gasteiger partial charge in [0.05, 0.1) is 5.54 Å². The lowest BCUT2D eigenvalue weighted by molar-refractivity contribution is -0.137. The number of carbonyl (C=O) groups is 1. The Bertz CT molecular complexity index is 459. The van der Waals surface area contributed by atoms with E-state index in [0.717, 1.165) is 31.4 Å². The Morgan fingerprint density at radius 3 is 2.70 bits per heavy atom. The molecule has 1 saturated heterocycles. The summed E-state index contributed by atoms with van der Waals surface area (Å²) in [6, 6.07) is 7.67. The van der Waals surface area contributed by atoms with Crippen LogP contribution in [0, 0.1) is 0 Å². The molecule has 1 unspecified atom stereocenters. The molecule has 1 N–H and O–H groups in total. The summed E-state index contributed by atoms with van der Waals surface area (Å²) in [5.41, 5.74) is 0.625. The Kier molecular flexibility index (Phi) is 6.31. The number of carbonyl (C=O) groups excluding carboxylic acids is 1. The standard InChI is InChI=1S/C15H21ClN2O.ClH/c1-3-15(9-6-10-17-15)14(19)18(2)11-12-7-4-5-8-13(12)16;/h4-5,7-8,17H,3,6,9-11H2,1-2H3;1H. The van der Waals surface area contributed by atoms with Gasteiger partial charge in [0, 0.05) is 18.6 Å². The van der Waals surface area contributed by atoms with Gasteiger partial charge in [-0.1, -0.05) is 36.7 Å². The molecular weight excluding hydrogens is 295 g/mol. The SMILES string of the molecule is CCC1(C(=O)N(C)Cc2ccccc2Cl)CCCN1.Cl. The Morgan fingerprint density at radius 2 is 2.15 bits per heavy atom. The minimum Gasteiger partial charge on any atom is -0.340 e. The summed E-state index contributed by atoms with van der Waals surface area (Å²) in [7, 11) is 1.85. The highest BCUT2D eigenvalue weighted by atomic mass is 35.5. The first-order valence-corrected chi connectivity index (χ1v) is 7.21. The van der Waals surface area contributed by atoms with Crippen molar-refractivity contribution in [3.8, 4) is 0 Å². The van der Waals surface area contributed by atoms with Gasteiger partial charge >= 0.3 is 0 Å². The molecule has 1 atom stereocenters. The third-order valence-electron chi connectivity index (χ3n) is 3.97. The van der Waals surface area contributed by atoms with Gasteiger partial charge in [-0.25, -0.2) is 0 Å². The Labute approximate surface area is 132 Å². The van der Waals surface area contributed by atoms with Gasteiger partial charge in [0.1, 0.15) is 0 Å². The molecule has 0 bridgehead atoms. The first-order chi connectivity index (χ1) is 9.09. The van der Waals surface area contributed by atoms with Gasteiger partial charge in [0.15, 0.2) is 0 Å². The highest BCUT2D eigenvalue weighted by molar-refractivity contribution is 6.31. The van der Waals surface area contributed by atoms with Crippen molar-refractivity contribution in [2.45, 2.75) is 38.3 Å². The molecule has 5 heteroatoms. The highest BCUT2D eigenvalue weighted by Crippen LogP contribution is 2.26. The van der Waals surface area contributed by atoms with Crippen LogP contribution in [0.25, 0.3) is 0 Å². The van der Waals surface area contributed by atoms with E-state index < -0.39 is 0 Å². The second kappa shape index (κ2) is 7.30. The van der Waals surface area contributed by atoms with E-state index in [1.165, 1.54) is 0 Å². The molecule has 1 aliphatic heterocycles. The molecule has 3 nitrogen and oxygen atoms in total. The molecule has 0 spiro atoms. The van der Waals surface area contributed by atoms with Crippen LogP contribution in [-0.4, -0.2) is 29.9 Å². The molecule has 0 saturated carbocycles. The third kappa shape index (κ3) is 3.46. The molecule has 20 heavy (non-hydrogen) atoms. The highest BCUT2D eigenvalue weighted by Gasteiger charge is 2.40. The Hall–Kier alpha value is -0.770. The van der Waals surface area contributed by atoms with Crippen LogP contribution in [0.15, 0.2) is 24.3 Å². The van der Waals surface area contributed by atoms with Crippen molar-refractivity contribution in [3.05, 3.63) is 34.9 Å². The van der Waals surface area contributed by atoms with Gasteiger partial charge in [-0.2, -0.15) is 0 Å². The maximum absolute atomic E-state index is 12.6. The average Bonchev–Trinajstić information content (AvgIpc) is 2.90. The predicted octanol–water partition coefficient (Wildman–Crippen LogP) is 3.25. The lowest BCUT2D eigenvalue weighted by Gasteiger charge is -2.32. The van der Waals surface area contributed by atoms with Crippen LogP contribution in [0.1, 0.15) is 31.7 Å². The molecule has 1 aromatic carbocycles. The second-order valence-electron chi connectivity index (χ2n) is 5.22. The van der Waals surface area contributed by atoms with Gasteiger partial charge in [0.25, 0.3) is 0 Å². The normalized spacial score (nSPS) is 21.4. The summed E-state index contributed by atoms with van der Waals surface area (Å²) in [6.45, 7) is 3.56. The fraction of sp³-hybridized carbons (Fsp3) is 0.533. The molecule has 1 heterocycles. The van der Waals surface area contributed by atoms with Gasteiger partial charge in [-0.3, -0.25) is 4.79 Å². The fourth-order valence-electron chi connectivity index (χ4n) is 2.76. The number of benzene rings is 1. The largest absolute Gasteiger partial charge is 0.340 e. The quantitative estimate of drug-likeness (QED) is 0.924. The third-order valence-corrected chi connectivity index (χ3v) is 4.34. The van der Waals surface area contributed by atoms with Crippen LogP contribution in [0.5, 0.6) is 0 Å². The molecule has 0 aromatic heterocycles. The zero-order valence-corrected chi connectivity index (χ0v) is 13.6. The van der Waals surface area contributed by atoms with E-state index in [4.69, 9.17) is 11.6 Å². The number of hydrogen-bond donors (Lipinski definition) is 1. The number of hydrogen-bond acceptors (Lipinski definition) is 2. The van der Waals surface area contributed by atoms with E-state index in [0.29, 0.717) is 11.6 Å². The van der Waals surface area contributed by atoms with Crippen molar-refractivity contribution < 1.29 is 4.79 Å². The van der Waals surface area contributed by atoms with E-state index in [1.54, 1.807) is 4.90 Å². The van der Waals surface area contributed by atoms with Gasteiger partial charge in [-0.15, -0.1) is 12.4 Å². The zero-order valence-electron chi connectivity index (χ0n) is 12.0. The predicted molar refractivity (Wildman–Crippen MR) is 85.4 cm³/mol. The first-order valence-electron chi connectivity index (χ1n) is 6.83. The molecule has 2 rings (SSSR count). The van der Waals surface area contributed by atoms with Crippen LogP contribution in [0.4, 0.5) is 0 Å². The van der Waals surface area contributed by atoms with Gasteiger partial charge in [0.2, 0.25) is 5.91 Å². The van der Waals surface area contributed by atoms with Crippen LogP contribution in [-0.2, 0) is 11.3 Å². The molecule has 112 valence electrons. The number of halogens is 2. The lowest BCUT2D eigenvalue weighted by Crippen LogP contribution is -2.53. The number of rotatable bonds is 4. The van der Waals surface area contributed by atoms with Crippen LogP contribution >= 0.6 is 24.0 Å². The summed E-state index contributed by atoms with van der Waals surface area (Å²) in [5, 5.41) is 4.09. The maximum Gasteiger partial charge on any atom is 0.242 e. The average molecular weight is 317 g/mol. The smallest absolute Gasteiger partial charge is 0.242 e. The Morgan fingerprint density at radius 1 is 1.45 bits per heavy atom. The molecule has 1 amide bonds. The van der Waals surface area contributed by atoms with Gasteiger partial charge < -0.3 is 10.2 Å². The molecule has 0 aliphatic carbocycles. The summed E-state index contributed by atoms with van der Waals surface area (Å²) in [6.07, 6.45) is 2.83. The van der Waals surface area contributed by atoms with Crippen molar-refractivity contribution in [2.75, 3.05) is 13.6 Å². The molecule has 0 radical (unpaired) electrons. The van der Waals surface area contributed by atoms with Crippen molar-refractivity contribution in [2.24, 2.45) is 0 Å². The van der Waals surface area contributed by atoms with Crippen molar-refractivity contribution in [1.82, 2.24) is 10.2 Å². The minimum atomic E-state index is -0.365. The Balaban J connectivity index is 0.00000200. The van der Waals surface area contributed by atoms with Crippen molar-refractivity contribution in [3.63, 3.8) is 0 Å². The number of nitrogens with zero attached hydrogens (tertiary/aromatic N) is 1. The number of amides is 1. The van der Waals surface area contributed by atoms with Crippen molar-refractivity contribution in [1.29, 1.82) is 0 Å². The fourth-order valence-corrected chi connectivity index (χ4v) is 2.96. The minimum absolute atomic E-state index is 0. The van der Waals surface area contributed by atoms with Crippen molar-refractivity contribution >= 4 is 29.9 Å². The van der Waals surface area contributed by atoms with E-state index in [2.05, 4.69) is 12.2 Å². The number of likely N-dealkylation sites (N-methyl/N-ethyl adjacent to an activating group) is 1. The summed E-state index contributed by atoms with van der Waals surface area (Å²) in [4.78, 5) is 14.4. The first kappa shape index (κ1) is 17.3. The van der Waals surface area contributed by atoms with Gasteiger partial charge in [-0.05, 0) is 37.4 Å². The van der Waals surface area contributed by atoms with Crippen LogP contribution in [0.2, 0.25) is 5.02 Å². The molecule has 1 aromatic rings. The van der Waals surface area contributed by atoms with E-state index in [1.807, 2.05) is 31.3 Å². The lowest BCUT2D eigenvalue weighted by atomic mass is 9.92. The topological polar surface area (TPSA) is 32.3 Å². The molecule has 1 fully saturated rings. The summed E-state index contributed by atoms with van der Waals surface area (Å²) >= 11 is 6.15. The molecule has 1 aliphatic rings. The monoisotopic (exact) mass is 316 g/mol. The maximum atomic E-state index is 12.6. The van der Waals surface area contributed by atoms with E-state index in [-0.39, 0.29) is 23.9 Å². The second-order valence-corrected chi connectivity index (χ2v) is 5.63. The van der Waals surface area contributed by atoms with Crippen LogP contribution in [0.3, 0.4) is 0 Å². The summed E-state index contributed by atoms with van der Waals surface area (Å²) < 4.78 is 0. The van der Waals surface area contributed by atoms with E-state index >= 15 is 0 Å².